The smallest absolute Gasteiger partial charge is 0.293 e. The van der Waals surface area contributed by atoms with Crippen LogP contribution < -0.4 is 11.3 Å². The van der Waals surface area contributed by atoms with Gasteiger partial charge in [0.05, 0.1) is 4.92 Å². The summed E-state index contributed by atoms with van der Waals surface area (Å²) in [4.78, 5) is 12.8. The second-order valence-electron chi connectivity index (χ2n) is 4.69. The van der Waals surface area contributed by atoms with Crippen LogP contribution in [0.3, 0.4) is 0 Å². The molecule has 1 aliphatic heterocycles. The maximum Gasteiger partial charge on any atom is 0.293 e. The van der Waals surface area contributed by atoms with E-state index in [1.807, 2.05) is 17.8 Å². The first kappa shape index (κ1) is 14.1. The van der Waals surface area contributed by atoms with E-state index in [0.29, 0.717) is 11.7 Å². The number of nitro benzene ring substituents is 1. The third-order valence-electron chi connectivity index (χ3n) is 3.38. The van der Waals surface area contributed by atoms with E-state index in [2.05, 4.69) is 17.4 Å². The van der Waals surface area contributed by atoms with Gasteiger partial charge in [-0.25, -0.2) is 0 Å². The van der Waals surface area contributed by atoms with E-state index in [4.69, 9.17) is 5.84 Å². The summed E-state index contributed by atoms with van der Waals surface area (Å²) in [6.45, 7) is 0.719. The number of nitrogens with two attached hydrogens (primary N) is 1. The van der Waals surface area contributed by atoms with Crippen LogP contribution >= 0.6 is 11.8 Å². The van der Waals surface area contributed by atoms with Crippen LogP contribution in [0.1, 0.15) is 12.0 Å². The Bertz CT molecular complexity index is 463. The predicted octanol–water partition coefficient (Wildman–Crippen LogP) is 1.82. The lowest BCUT2D eigenvalue weighted by molar-refractivity contribution is -0.384. The lowest BCUT2D eigenvalue weighted by Crippen LogP contribution is -2.30. The molecule has 1 atom stereocenters. The van der Waals surface area contributed by atoms with E-state index in [9.17, 15) is 10.1 Å². The number of hydrogen-bond acceptors (Lipinski definition) is 6. The van der Waals surface area contributed by atoms with Gasteiger partial charge in [-0.1, -0.05) is 6.07 Å². The number of thioether (sulfide) groups is 1. The molecule has 0 amide bonds. The normalized spacial score (nSPS) is 18.8. The van der Waals surface area contributed by atoms with E-state index in [0.717, 1.165) is 17.9 Å². The molecule has 19 heavy (non-hydrogen) atoms. The van der Waals surface area contributed by atoms with Gasteiger partial charge in [0.1, 0.15) is 5.69 Å². The van der Waals surface area contributed by atoms with Crippen LogP contribution in [0.25, 0.3) is 0 Å². The van der Waals surface area contributed by atoms with E-state index in [-0.39, 0.29) is 5.69 Å². The Balaban J connectivity index is 2.11. The van der Waals surface area contributed by atoms with E-state index in [1.165, 1.54) is 12.2 Å². The van der Waals surface area contributed by atoms with Gasteiger partial charge in [-0.3, -0.25) is 20.9 Å². The van der Waals surface area contributed by atoms with Crippen LogP contribution in [-0.4, -0.2) is 34.4 Å². The third-order valence-corrected chi connectivity index (χ3v) is 4.52. The Morgan fingerprint density at radius 3 is 3.00 bits per heavy atom. The summed E-state index contributed by atoms with van der Waals surface area (Å²) in [6, 6.07) is 5.69. The van der Waals surface area contributed by atoms with Crippen molar-refractivity contribution >= 4 is 23.1 Å². The predicted molar refractivity (Wildman–Crippen MR) is 78.1 cm³/mol. The van der Waals surface area contributed by atoms with Crippen molar-refractivity contribution in [2.24, 2.45) is 5.84 Å². The van der Waals surface area contributed by atoms with Crippen molar-refractivity contribution in [2.45, 2.75) is 19.0 Å². The molecule has 1 fully saturated rings. The first-order valence-electron chi connectivity index (χ1n) is 6.13. The molecule has 1 aromatic carbocycles. The van der Waals surface area contributed by atoms with E-state index in [1.54, 1.807) is 12.1 Å². The number of hydrogen-bond donors (Lipinski definition) is 2. The van der Waals surface area contributed by atoms with E-state index >= 15 is 0 Å². The second kappa shape index (κ2) is 6.23. The fraction of sp³-hybridized carbons (Fsp3) is 0.500. The molecule has 104 valence electrons. The largest absolute Gasteiger partial charge is 0.318 e. The Hall–Kier alpha value is -1.31. The van der Waals surface area contributed by atoms with Crippen molar-refractivity contribution in [3.8, 4) is 0 Å². The maximum absolute atomic E-state index is 11.0. The van der Waals surface area contributed by atoms with Crippen LogP contribution in [0.5, 0.6) is 0 Å². The summed E-state index contributed by atoms with van der Waals surface area (Å²) in [5.41, 5.74) is 3.65. The third kappa shape index (κ3) is 3.37. The average molecular weight is 282 g/mol. The van der Waals surface area contributed by atoms with Crippen LogP contribution in [0.2, 0.25) is 0 Å². The van der Waals surface area contributed by atoms with Gasteiger partial charge in [0.25, 0.3) is 5.69 Å². The number of nitrogens with zero attached hydrogens (tertiary/aromatic N) is 2. The molecule has 6 nitrogen and oxygen atoms in total. The highest BCUT2D eigenvalue weighted by molar-refractivity contribution is 7.99. The Morgan fingerprint density at radius 2 is 2.42 bits per heavy atom. The first-order chi connectivity index (χ1) is 9.11. The van der Waals surface area contributed by atoms with Crippen molar-refractivity contribution in [1.29, 1.82) is 0 Å². The molecule has 0 spiro atoms. The van der Waals surface area contributed by atoms with Gasteiger partial charge in [0.15, 0.2) is 0 Å². The van der Waals surface area contributed by atoms with Crippen LogP contribution in [0.4, 0.5) is 11.4 Å². The minimum absolute atomic E-state index is 0.0224. The minimum atomic E-state index is -0.413. The van der Waals surface area contributed by atoms with Gasteiger partial charge in [-0.15, -0.1) is 0 Å². The molecule has 1 saturated heterocycles. The van der Waals surface area contributed by atoms with Gasteiger partial charge in [0.2, 0.25) is 0 Å². The molecular weight excluding hydrogens is 264 g/mol. The fourth-order valence-electron chi connectivity index (χ4n) is 2.24. The highest BCUT2D eigenvalue weighted by atomic mass is 32.2. The molecule has 0 bridgehead atoms. The molecule has 0 aliphatic carbocycles. The van der Waals surface area contributed by atoms with Gasteiger partial charge in [0, 0.05) is 24.4 Å². The van der Waals surface area contributed by atoms with Gasteiger partial charge in [-0.05, 0) is 30.9 Å². The Labute approximate surface area is 116 Å². The SMILES string of the molecule is CN(Cc1ccc(NN)c([N+](=O)[O-])c1)C1CCSC1. The summed E-state index contributed by atoms with van der Waals surface area (Å²) >= 11 is 1.96. The monoisotopic (exact) mass is 282 g/mol. The standard InChI is InChI=1S/C12H18N4O2S/c1-15(10-4-5-19-8-10)7-9-2-3-11(14-13)12(6-9)16(17)18/h2-3,6,10,14H,4-5,7-8,13H2,1H3. The lowest BCUT2D eigenvalue weighted by atomic mass is 10.1. The molecule has 1 aromatic rings. The van der Waals surface area contributed by atoms with Gasteiger partial charge >= 0.3 is 0 Å². The quantitative estimate of drug-likeness (QED) is 0.487. The molecule has 2 rings (SSSR count). The second-order valence-corrected chi connectivity index (χ2v) is 5.84. The Kier molecular flexibility index (Phi) is 4.62. The highest BCUT2D eigenvalue weighted by Crippen LogP contribution is 2.27. The molecule has 1 heterocycles. The van der Waals surface area contributed by atoms with Gasteiger partial charge < -0.3 is 5.43 Å². The van der Waals surface area contributed by atoms with Crippen molar-refractivity contribution in [2.75, 3.05) is 24.0 Å². The summed E-state index contributed by atoms with van der Waals surface area (Å²) in [6.07, 6.45) is 1.19. The number of anilines is 1. The van der Waals surface area contributed by atoms with Crippen LogP contribution in [0, 0.1) is 10.1 Å². The summed E-state index contributed by atoms with van der Waals surface area (Å²) in [7, 11) is 2.07. The number of rotatable bonds is 5. The summed E-state index contributed by atoms with van der Waals surface area (Å²) < 4.78 is 0. The molecule has 3 N–H and O–H groups in total. The zero-order valence-corrected chi connectivity index (χ0v) is 11.7. The van der Waals surface area contributed by atoms with E-state index < -0.39 is 4.92 Å². The summed E-state index contributed by atoms with van der Waals surface area (Å²) in [5.74, 6) is 7.61. The summed E-state index contributed by atoms with van der Waals surface area (Å²) in [5, 5.41) is 11.0. The molecule has 0 radical (unpaired) electrons. The minimum Gasteiger partial charge on any atom is -0.318 e. The van der Waals surface area contributed by atoms with Crippen LogP contribution in [-0.2, 0) is 6.54 Å². The maximum atomic E-state index is 11.0. The number of hydrazine groups is 1. The highest BCUT2D eigenvalue weighted by Gasteiger charge is 2.21. The zero-order chi connectivity index (χ0) is 13.8. The lowest BCUT2D eigenvalue weighted by Gasteiger charge is -2.23. The number of nitro groups is 1. The van der Waals surface area contributed by atoms with Crippen LogP contribution in [0.15, 0.2) is 18.2 Å². The average Bonchev–Trinajstić information content (AvgIpc) is 2.92. The van der Waals surface area contributed by atoms with Crippen molar-refractivity contribution in [3.63, 3.8) is 0 Å². The molecule has 1 aliphatic rings. The van der Waals surface area contributed by atoms with Crippen molar-refractivity contribution in [3.05, 3.63) is 33.9 Å². The molecular formula is C12H18N4O2S. The molecule has 0 saturated carbocycles. The van der Waals surface area contributed by atoms with Gasteiger partial charge in [-0.2, -0.15) is 11.8 Å². The molecule has 1 unspecified atom stereocenters. The molecule has 7 heteroatoms. The topological polar surface area (TPSA) is 84.4 Å². The first-order valence-corrected chi connectivity index (χ1v) is 7.29. The number of benzene rings is 1. The van der Waals surface area contributed by atoms with Crippen molar-refractivity contribution in [1.82, 2.24) is 4.90 Å². The zero-order valence-electron chi connectivity index (χ0n) is 10.8. The fourth-order valence-corrected chi connectivity index (χ4v) is 3.53. The van der Waals surface area contributed by atoms with Crippen molar-refractivity contribution < 1.29 is 4.92 Å². The number of nitrogen functional groups attached to an aromatic ring is 1. The molecule has 0 aromatic heterocycles. The number of nitrogens with one attached hydrogen (secondary N) is 1. The Morgan fingerprint density at radius 1 is 1.63 bits per heavy atom.